The van der Waals surface area contributed by atoms with E-state index in [9.17, 15) is 9.59 Å². The second-order valence-corrected chi connectivity index (χ2v) is 5.48. The van der Waals surface area contributed by atoms with Crippen LogP contribution < -0.4 is 5.32 Å². The molecule has 1 aliphatic rings. The Bertz CT molecular complexity index is 512. The van der Waals surface area contributed by atoms with Gasteiger partial charge in [-0.2, -0.15) is 0 Å². The van der Waals surface area contributed by atoms with E-state index < -0.39 is 5.97 Å². The molecule has 1 fully saturated rings. The molecule has 2 amide bonds. The summed E-state index contributed by atoms with van der Waals surface area (Å²) in [5.41, 5.74) is 1.34. The zero-order valence-corrected chi connectivity index (χ0v) is 12.3. The van der Waals surface area contributed by atoms with Gasteiger partial charge in [0, 0.05) is 18.3 Å². The lowest BCUT2D eigenvalue weighted by Crippen LogP contribution is -2.37. The van der Waals surface area contributed by atoms with E-state index in [0.29, 0.717) is 17.3 Å². The maximum atomic E-state index is 12.3. The number of benzene rings is 1. The molecule has 0 heterocycles. The Kier molecular flexibility index (Phi) is 5.20. The van der Waals surface area contributed by atoms with Gasteiger partial charge < -0.3 is 15.3 Å². The van der Waals surface area contributed by atoms with Crippen molar-refractivity contribution in [3.05, 3.63) is 29.8 Å². The summed E-state index contributed by atoms with van der Waals surface area (Å²) in [5.74, 6) is -0.874. The number of hydrogen-bond acceptors (Lipinski definition) is 2. The summed E-state index contributed by atoms with van der Waals surface area (Å²) in [6, 6.07) is 7.31. The Morgan fingerprint density at radius 1 is 1.38 bits per heavy atom. The lowest BCUT2D eigenvalue weighted by molar-refractivity contribution is -0.136. The van der Waals surface area contributed by atoms with Crippen molar-refractivity contribution in [1.29, 1.82) is 0 Å². The molecule has 2 N–H and O–H groups in total. The smallest absolute Gasteiger partial charge is 0.322 e. The van der Waals surface area contributed by atoms with Gasteiger partial charge in [0.25, 0.3) is 0 Å². The predicted octanol–water partition coefficient (Wildman–Crippen LogP) is 3.11. The molecule has 0 saturated heterocycles. The minimum absolute atomic E-state index is 0.0358. The number of amides is 2. The van der Waals surface area contributed by atoms with Crippen LogP contribution in [0.2, 0.25) is 0 Å². The van der Waals surface area contributed by atoms with E-state index >= 15 is 0 Å². The number of carbonyl (C=O) groups is 2. The zero-order valence-electron chi connectivity index (χ0n) is 12.3. The third-order valence-corrected chi connectivity index (χ3v) is 3.53. The average molecular weight is 290 g/mol. The first-order valence-corrected chi connectivity index (χ1v) is 7.48. The number of aliphatic carboxylic acids is 1. The first-order valence-electron chi connectivity index (χ1n) is 7.48. The third-order valence-electron chi connectivity index (χ3n) is 3.53. The van der Waals surface area contributed by atoms with E-state index in [1.807, 2.05) is 4.90 Å². The summed E-state index contributed by atoms with van der Waals surface area (Å²) >= 11 is 0. The Morgan fingerprint density at radius 2 is 2.14 bits per heavy atom. The largest absolute Gasteiger partial charge is 0.481 e. The standard InChI is InChI=1S/C16H22N2O3/c1-2-3-9-18(14-7-8-14)16(21)17-13-6-4-5-12(10-13)11-15(19)20/h4-6,10,14H,2-3,7-9,11H2,1H3,(H,17,21)(H,19,20). The molecule has 0 bridgehead atoms. The quantitative estimate of drug-likeness (QED) is 0.810. The van der Waals surface area contributed by atoms with Gasteiger partial charge in [-0.1, -0.05) is 25.5 Å². The van der Waals surface area contributed by atoms with Gasteiger partial charge in [0.15, 0.2) is 0 Å². The van der Waals surface area contributed by atoms with Crippen molar-refractivity contribution < 1.29 is 14.7 Å². The predicted molar refractivity (Wildman–Crippen MR) is 81.4 cm³/mol. The van der Waals surface area contributed by atoms with Crippen molar-refractivity contribution in [1.82, 2.24) is 4.90 Å². The minimum Gasteiger partial charge on any atom is -0.481 e. The number of nitrogens with one attached hydrogen (secondary N) is 1. The van der Waals surface area contributed by atoms with E-state index in [1.165, 1.54) is 0 Å². The van der Waals surface area contributed by atoms with Crippen LogP contribution in [0.3, 0.4) is 0 Å². The van der Waals surface area contributed by atoms with Crippen LogP contribution in [0.1, 0.15) is 38.2 Å². The molecule has 1 saturated carbocycles. The number of hydrogen-bond donors (Lipinski definition) is 2. The molecule has 1 aliphatic carbocycles. The van der Waals surface area contributed by atoms with E-state index in [2.05, 4.69) is 12.2 Å². The maximum Gasteiger partial charge on any atom is 0.322 e. The molecule has 0 spiro atoms. The highest BCUT2D eigenvalue weighted by Gasteiger charge is 2.32. The van der Waals surface area contributed by atoms with Gasteiger partial charge in [-0.15, -0.1) is 0 Å². The number of carbonyl (C=O) groups excluding carboxylic acids is 1. The molecular formula is C16H22N2O3. The first kappa shape index (κ1) is 15.4. The van der Waals surface area contributed by atoms with Crippen molar-refractivity contribution in [2.75, 3.05) is 11.9 Å². The normalized spacial score (nSPS) is 13.8. The van der Waals surface area contributed by atoms with Gasteiger partial charge in [-0.05, 0) is 37.0 Å². The Morgan fingerprint density at radius 3 is 2.76 bits per heavy atom. The second kappa shape index (κ2) is 7.11. The van der Waals surface area contributed by atoms with Crippen LogP contribution >= 0.6 is 0 Å². The fraction of sp³-hybridized carbons (Fsp3) is 0.500. The number of nitrogens with zero attached hydrogens (tertiary/aromatic N) is 1. The molecule has 5 heteroatoms. The van der Waals surface area contributed by atoms with E-state index in [0.717, 1.165) is 32.2 Å². The van der Waals surface area contributed by atoms with Crippen LogP contribution in [-0.2, 0) is 11.2 Å². The Balaban J connectivity index is 1.98. The molecular weight excluding hydrogens is 268 g/mol. The lowest BCUT2D eigenvalue weighted by Gasteiger charge is -2.22. The molecule has 0 unspecified atom stereocenters. The molecule has 21 heavy (non-hydrogen) atoms. The summed E-state index contributed by atoms with van der Waals surface area (Å²) in [5, 5.41) is 11.7. The van der Waals surface area contributed by atoms with Crippen molar-refractivity contribution >= 4 is 17.7 Å². The molecule has 0 aromatic heterocycles. The van der Waals surface area contributed by atoms with Crippen LogP contribution in [0.15, 0.2) is 24.3 Å². The number of unbranched alkanes of at least 4 members (excludes halogenated alkanes) is 1. The fourth-order valence-corrected chi connectivity index (χ4v) is 2.29. The summed E-state index contributed by atoms with van der Waals surface area (Å²) in [7, 11) is 0. The molecule has 5 nitrogen and oxygen atoms in total. The summed E-state index contributed by atoms with van der Waals surface area (Å²) < 4.78 is 0. The SMILES string of the molecule is CCCCN(C(=O)Nc1cccc(CC(=O)O)c1)C1CC1. The maximum absolute atomic E-state index is 12.3. The van der Waals surface area contributed by atoms with E-state index in [-0.39, 0.29) is 12.5 Å². The number of rotatable bonds is 7. The Labute approximate surface area is 125 Å². The van der Waals surface area contributed by atoms with E-state index in [1.54, 1.807) is 24.3 Å². The molecule has 0 radical (unpaired) electrons. The summed E-state index contributed by atoms with van der Waals surface area (Å²) in [4.78, 5) is 25.0. The van der Waals surface area contributed by atoms with Crippen LogP contribution in [-0.4, -0.2) is 34.6 Å². The molecule has 0 atom stereocenters. The molecule has 2 rings (SSSR count). The van der Waals surface area contributed by atoms with Crippen LogP contribution in [0, 0.1) is 0 Å². The third kappa shape index (κ3) is 4.77. The van der Waals surface area contributed by atoms with Crippen molar-refractivity contribution in [3.63, 3.8) is 0 Å². The highest BCUT2D eigenvalue weighted by molar-refractivity contribution is 5.90. The number of urea groups is 1. The fourth-order valence-electron chi connectivity index (χ4n) is 2.29. The minimum atomic E-state index is -0.874. The van der Waals surface area contributed by atoms with Crippen LogP contribution in [0.4, 0.5) is 10.5 Å². The van der Waals surface area contributed by atoms with Crippen molar-refractivity contribution in [2.24, 2.45) is 0 Å². The van der Waals surface area contributed by atoms with Gasteiger partial charge in [0.1, 0.15) is 0 Å². The summed E-state index contributed by atoms with van der Waals surface area (Å²) in [6.07, 6.45) is 4.19. The highest BCUT2D eigenvalue weighted by Crippen LogP contribution is 2.27. The number of anilines is 1. The van der Waals surface area contributed by atoms with Gasteiger partial charge >= 0.3 is 12.0 Å². The lowest BCUT2D eigenvalue weighted by atomic mass is 10.1. The Hall–Kier alpha value is -2.04. The van der Waals surface area contributed by atoms with Crippen LogP contribution in [0.5, 0.6) is 0 Å². The zero-order chi connectivity index (χ0) is 15.2. The molecule has 1 aromatic carbocycles. The monoisotopic (exact) mass is 290 g/mol. The van der Waals surface area contributed by atoms with Crippen molar-refractivity contribution in [2.45, 2.75) is 45.1 Å². The van der Waals surface area contributed by atoms with Crippen molar-refractivity contribution in [3.8, 4) is 0 Å². The number of carboxylic acid groups (broad SMARTS) is 1. The second-order valence-electron chi connectivity index (χ2n) is 5.48. The van der Waals surface area contributed by atoms with Crippen LogP contribution in [0.25, 0.3) is 0 Å². The topological polar surface area (TPSA) is 69.6 Å². The molecule has 114 valence electrons. The summed E-state index contributed by atoms with van der Waals surface area (Å²) in [6.45, 7) is 2.89. The number of carboxylic acids is 1. The van der Waals surface area contributed by atoms with Gasteiger partial charge in [-0.25, -0.2) is 4.79 Å². The van der Waals surface area contributed by atoms with E-state index in [4.69, 9.17) is 5.11 Å². The molecule has 1 aromatic rings. The van der Waals surface area contributed by atoms with Gasteiger partial charge in [-0.3, -0.25) is 4.79 Å². The average Bonchev–Trinajstić information content (AvgIpc) is 3.23. The molecule has 0 aliphatic heterocycles. The van der Waals surface area contributed by atoms with Gasteiger partial charge in [0.2, 0.25) is 0 Å². The highest BCUT2D eigenvalue weighted by atomic mass is 16.4. The van der Waals surface area contributed by atoms with Gasteiger partial charge in [0.05, 0.1) is 6.42 Å². The first-order chi connectivity index (χ1) is 10.1.